The van der Waals surface area contributed by atoms with Crippen LogP contribution in [-0.2, 0) is 0 Å². The Hall–Kier alpha value is -0.930. The zero-order valence-electron chi connectivity index (χ0n) is 7.90. The van der Waals surface area contributed by atoms with Crippen molar-refractivity contribution >= 4 is 0 Å². The SMILES string of the molecule is CN1CCN[C@H](c2ccccn2)C1. The lowest BCUT2D eigenvalue weighted by atomic mass is 10.1. The maximum Gasteiger partial charge on any atom is 0.0624 e. The Balaban J connectivity index is 2.08. The lowest BCUT2D eigenvalue weighted by molar-refractivity contribution is 0.238. The number of hydrogen-bond donors (Lipinski definition) is 1. The van der Waals surface area contributed by atoms with E-state index in [9.17, 15) is 0 Å². The molecule has 3 nitrogen and oxygen atoms in total. The normalized spacial score (nSPS) is 24.5. The summed E-state index contributed by atoms with van der Waals surface area (Å²) >= 11 is 0. The monoisotopic (exact) mass is 177 g/mol. The molecule has 13 heavy (non-hydrogen) atoms. The van der Waals surface area contributed by atoms with Crippen molar-refractivity contribution in [2.24, 2.45) is 0 Å². The zero-order chi connectivity index (χ0) is 9.10. The van der Waals surface area contributed by atoms with Crippen molar-refractivity contribution in [2.75, 3.05) is 26.7 Å². The number of likely N-dealkylation sites (N-methyl/N-ethyl adjacent to an activating group) is 1. The molecule has 3 heteroatoms. The van der Waals surface area contributed by atoms with Gasteiger partial charge < -0.3 is 10.2 Å². The maximum absolute atomic E-state index is 4.35. The van der Waals surface area contributed by atoms with Gasteiger partial charge >= 0.3 is 0 Å². The summed E-state index contributed by atoms with van der Waals surface area (Å²) in [6.45, 7) is 3.23. The average Bonchev–Trinajstić information content (AvgIpc) is 2.19. The predicted molar refractivity (Wildman–Crippen MR) is 52.5 cm³/mol. The third-order valence-corrected chi connectivity index (χ3v) is 2.42. The molecule has 0 radical (unpaired) electrons. The van der Waals surface area contributed by atoms with E-state index in [-0.39, 0.29) is 0 Å². The van der Waals surface area contributed by atoms with Crippen molar-refractivity contribution in [3.63, 3.8) is 0 Å². The first-order valence-corrected chi connectivity index (χ1v) is 4.69. The topological polar surface area (TPSA) is 28.2 Å². The van der Waals surface area contributed by atoms with Gasteiger partial charge in [0, 0.05) is 25.8 Å². The van der Waals surface area contributed by atoms with Crippen molar-refractivity contribution < 1.29 is 0 Å². The van der Waals surface area contributed by atoms with Crippen LogP contribution >= 0.6 is 0 Å². The van der Waals surface area contributed by atoms with E-state index in [0.717, 1.165) is 25.3 Å². The van der Waals surface area contributed by atoms with Gasteiger partial charge in [0.1, 0.15) is 0 Å². The molecule has 0 spiro atoms. The van der Waals surface area contributed by atoms with E-state index in [0.29, 0.717) is 6.04 Å². The van der Waals surface area contributed by atoms with Crippen LogP contribution in [0.1, 0.15) is 11.7 Å². The molecule has 1 aliphatic heterocycles. The van der Waals surface area contributed by atoms with Gasteiger partial charge in [-0.05, 0) is 19.2 Å². The Kier molecular flexibility index (Phi) is 2.57. The number of pyridine rings is 1. The number of aromatic nitrogens is 1. The van der Waals surface area contributed by atoms with Crippen LogP contribution in [0.4, 0.5) is 0 Å². The Morgan fingerprint density at radius 3 is 3.15 bits per heavy atom. The van der Waals surface area contributed by atoms with Crippen LogP contribution < -0.4 is 5.32 Å². The molecule has 0 bridgehead atoms. The minimum Gasteiger partial charge on any atom is -0.306 e. The molecular formula is C10H15N3. The molecule has 2 rings (SSSR count). The fourth-order valence-corrected chi connectivity index (χ4v) is 1.68. The number of nitrogens with one attached hydrogen (secondary N) is 1. The fraction of sp³-hybridized carbons (Fsp3) is 0.500. The number of hydrogen-bond acceptors (Lipinski definition) is 3. The highest BCUT2D eigenvalue weighted by Gasteiger charge is 2.18. The summed E-state index contributed by atoms with van der Waals surface area (Å²) in [6.07, 6.45) is 1.85. The average molecular weight is 177 g/mol. The van der Waals surface area contributed by atoms with Crippen molar-refractivity contribution in [1.82, 2.24) is 15.2 Å². The van der Waals surface area contributed by atoms with Gasteiger partial charge in [-0.25, -0.2) is 0 Å². The quantitative estimate of drug-likeness (QED) is 0.683. The molecule has 0 aromatic carbocycles. The molecule has 0 aliphatic carbocycles. The molecule has 1 fully saturated rings. The molecule has 1 atom stereocenters. The van der Waals surface area contributed by atoms with E-state index in [1.54, 1.807) is 0 Å². The summed E-state index contributed by atoms with van der Waals surface area (Å²) in [5.74, 6) is 0. The van der Waals surface area contributed by atoms with Crippen molar-refractivity contribution in [1.29, 1.82) is 0 Å². The van der Waals surface area contributed by atoms with Crippen molar-refractivity contribution in [3.8, 4) is 0 Å². The van der Waals surface area contributed by atoms with E-state index in [1.165, 1.54) is 0 Å². The second-order valence-electron chi connectivity index (χ2n) is 3.52. The van der Waals surface area contributed by atoms with Gasteiger partial charge in [0.25, 0.3) is 0 Å². The second-order valence-corrected chi connectivity index (χ2v) is 3.52. The lowest BCUT2D eigenvalue weighted by Gasteiger charge is -2.30. The van der Waals surface area contributed by atoms with Crippen LogP contribution in [-0.4, -0.2) is 36.6 Å². The first kappa shape index (κ1) is 8.66. The third kappa shape index (κ3) is 2.05. The van der Waals surface area contributed by atoms with Crippen LogP contribution in [0.25, 0.3) is 0 Å². The largest absolute Gasteiger partial charge is 0.306 e. The highest BCUT2D eigenvalue weighted by Crippen LogP contribution is 2.12. The van der Waals surface area contributed by atoms with Crippen molar-refractivity contribution in [3.05, 3.63) is 30.1 Å². The summed E-state index contributed by atoms with van der Waals surface area (Å²) in [5.41, 5.74) is 1.15. The second kappa shape index (κ2) is 3.85. The number of rotatable bonds is 1. The van der Waals surface area contributed by atoms with Gasteiger partial charge in [0.2, 0.25) is 0 Å². The Labute approximate surface area is 78.8 Å². The summed E-state index contributed by atoms with van der Waals surface area (Å²) in [6, 6.07) is 6.48. The molecule has 70 valence electrons. The highest BCUT2D eigenvalue weighted by atomic mass is 15.2. The Morgan fingerprint density at radius 1 is 1.54 bits per heavy atom. The molecule has 1 aromatic rings. The first-order valence-electron chi connectivity index (χ1n) is 4.69. The predicted octanol–water partition coefficient (Wildman–Crippen LogP) is 0.658. The minimum atomic E-state index is 0.403. The zero-order valence-corrected chi connectivity index (χ0v) is 7.90. The molecule has 2 heterocycles. The van der Waals surface area contributed by atoms with Crippen LogP contribution in [0.15, 0.2) is 24.4 Å². The van der Waals surface area contributed by atoms with Gasteiger partial charge in [0.05, 0.1) is 11.7 Å². The third-order valence-electron chi connectivity index (χ3n) is 2.42. The Bertz CT molecular complexity index is 260. The molecule has 0 unspecified atom stereocenters. The van der Waals surface area contributed by atoms with Gasteiger partial charge in [-0.15, -0.1) is 0 Å². The minimum absolute atomic E-state index is 0.403. The first-order chi connectivity index (χ1) is 6.36. The molecule has 1 aromatic heterocycles. The van der Waals surface area contributed by atoms with E-state index < -0.39 is 0 Å². The summed E-state index contributed by atoms with van der Waals surface area (Å²) in [7, 11) is 2.15. The summed E-state index contributed by atoms with van der Waals surface area (Å²) in [5, 5.41) is 3.46. The lowest BCUT2D eigenvalue weighted by Crippen LogP contribution is -2.43. The Morgan fingerprint density at radius 2 is 2.46 bits per heavy atom. The van der Waals surface area contributed by atoms with Crippen LogP contribution in [0, 0.1) is 0 Å². The molecular weight excluding hydrogens is 162 g/mol. The van der Waals surface area contributed by atoms with E-state index in [2.05, 4.69) is 28.3 Å². The summed E-state index contributed by atoms with van der Waals surface area (Å²) in [4.78, 5) is 6.68. The molecule has 0 saturated carbocycles. The van der Waals surface area contributed by atoms with Crippen LogP contribution in [0.5, 0.6) is 0 Å². The van der Waals surface area contributed by atoms with Crippen LogP contribution in [0.3, 0.4) is 0 Å². The molecule has 1 saturated heterocycles. The van der Waals surface area contributed by atoms with E-state index in [4.69, 9.17) is 0 Å². The van der Waals surface area contributed by atoms with Gasteiger partial charge in [-0.3, -0.25) is 4.98 Å². The van der Waals surface area contributed by atoms with Gasteiger partial charge in [-0.1, -0.05) is 6.07 Å². The van der Waals surface area contributed by atoms with Crippen molar-refractivity contribution in [2.45, 2.75) is 6.04 Å². The smallest absolute Gasteiger partial charge is 0.0624 e. The van der Waals surface area contributed by atoms with Crippen LogP contribution in [0.2, 0.25) is 0 Å². The fourth-order valence-electron chi connectivity index (χ4n) is 1.68. The molecule has 1 aliphatic rings. The standard InChI is InChI=1S/C10H15N3/c1-13-7-6-12-10(8-13)9-4-2-3-5-11-9/h2-5,10,12H,6-8H2,1H3/t10-/m0/s1. The van der Waals surface area contributed by atoms with Gasteiger partial charge in [-0.2, -0.15) is 0 Å². The number of nitrogens with zero attached hydrogens (tertiary/aromatic N) is 2. The maximum atomic E-state index is 4.35. The summed E-state index contributed by atoms with van der Waals surface area (Å²) < 4.78 is 0. The number of piperazine rings is 1. The highest BCUT2D eigenvalue weighted by molar-refractivity contribution is 5.09. The van der Waals surface area contributed by atoms with E-state index >= 15 is 0 Å². The molecule has 0 amide bonds. The van der Waals surface area contributed by atoms with Gasteiger partial charge in [0.15, 0.2) is 0 Å². The van der Waals surface area contributed by atoms with E-state index in [1.807, 2.05) is 18.3 Å². The molecule has 1 N–H and O–H groups in total.